The number of carbonyl (C=O) groups excluding carboxylic acids is 1. The van der Waals surface area contributed by atoms with Crippen molar-refractivity contribution in [1.29, 1.82) is 0 Å². The molecule has 0 aromatic heterocycles. The van der Waals surface area contributed by atoms with Crippen LogP contribution in [0.3, 0.4) is 0 Å². The van der Waals surface area contributed by atoms with Gasteiger partial charge in [0, 0.05) is 19.3 Å². The quantitative estimate of drug-likeness (QED) is 0.778. The van der Waals surface area contributed by atoms with Crippen LogP contribution in [0.1, 0.15) is 26.7 Å². The molecule has 1 amide bonds. The Morgan fingerprint density at radius 2 is 1.81 bits per heavy atom. The molecule has 8 heteroatoms. The Hall–Kier alpha value is -0.370. The third-order valence-electron chi connectivity index (χ3n) is 4.22. The highest BCUT2D eigenvalue weighted by Gasteiger charge is 2.51. The van der Waals surface area contributed by atoms with Gasteiger partial charge in [0.15, 0.2) is 14.6 Å². The molecule has 0 atom stereocenters. The van der Waals surface area contributed by atoms with Crippen molar-refractivity contribution < 1.29 is 17.9 Å². The second kappa shape index (κ2) is 6.40. The number of carbonyl (C=O) groups is 1. The molecule has 2 rings (SSSR count). The van der Waals surface area contributed by atoms with E-state index in [0.717, 1.165) is 0 Å². The highest BCUT2D eigenvalue weighted by atomic mass is 35.5. The van der Waals surface area contributed by atoms with Gasteiger partial charge in [-0.2, -0.15) is 0 Å². The van der Waals surface area contributed by atoms with Crippen molar-refractivity contribution in [3.05, 3.63) is 0 Å². The Bertz CT molecular complexity index is 486. The number of nitrogens with one attached hydrogen (secondary N) is 1. The topological polar surface area (TPSA) is 75.7 Å². The van der Waals surface area contributed by atoms with Gasteiger partial charge < -0.3 is 15.0 Å². The average Bonchev–Trinajstić information content (AvgIpc) is 2.36. The van der Waals surface area contributed by atoms with Gasteiger partial charge in [-0.25, -0.2) is 8.42 Å². The van der Waals surface area contributed by atoms with E-state index in [1.54, 1.807) is 4.90 Å². The fourth-order valence-corrected chi connectivity index (χ4v) is 4.44. The van der Waals surface area contributed by atoms with E-state index in [-0.39, 0.29) is 18.3 Å². The summed E-state index contributed by atoms with van der Waals surface area (Å²) in [5, 5.41) is 3.13. The Morgan fingerprint density at radius 3 is 2.29 bits per heavy atom. The first-order valence-corrected chi connectivity index (χ1v) is 8.91. The summed E-state index contributed by atoms with van der Waals surface area (Å²) in [6.45, 7) is 6.32. The van der Waals surface area contributed by atoms with Crippen LogP contribution in [-0.4, -0.2) is 68.6 Å². The van der Waals surface area contributed by atoms with Gasteiger partial charge in [0.2, 0.25) is 5.91 Å². The second-order valence-electron chi connectivity index (χ2n) is 6.35. The monoisotopic (exact) mass is 340 g/mol. The maximum Gasteiger partial charge on any atom is 0.244 e. The minimum absolute atomic E-state index is 0. The average molecular weight is 341 g/mol. The van der Waals surface area contributed by atoms with Gasteiger partial charge in [-0.05, 0) is 39.8 Å². The molecule has 2 heterocycles. The summed E-state index contributed by atoms with van der Waals surface area (Å²) >= 11 is 0. The number of amides is 1. The fraction of sp³-hybridized carbons (Fsp3) is 0.923. The van der Waals surface area contributed by atoms with Crippen molar-refractivity contribution in [2.24, 2.45) is 0 Å². The van der Waals surface area contributed by atoms with Gasteiger partial charge in [0.05, 0.1) is 12.2 Å². The zero-order valence-electron chi connectivity index (χ0n) is 12.8. The summed E-state index contributed by atoms with van der Waals surface area (Å²) in [4.78, 5) is 14.5. The molecule has 0 aromatic rings. The second-order valence-corrected chi connectivity index (χ2v) is 8.68. The maximum absolute atomic E-state index is 12.9. The molecule has 0 spiro atoms. The van der Waals surface area contributed by atoms with Crippen LogP contribution in [0.25, 0.3) is 0 Å². The number of rotatable bonds is 2. The molecule has 2 aliphatic heterocycles. The number of sulfone groups is 1. The van der Waals surface area contributed by atoms with Crippen LogP contribution in [0.4, 0.5) is 0 Å². The number of nitrogens with zero attached hydrogens (tertiary/aromatic N) is 1. The van der Waals surface area contributed by atoms with Crippen LogP contribution in [0, 0.1) is 0 Å². The van der Waals surface area contributed by atoms with Gasteiger partial charge in [-0.3, -0.25) is 4.79 Å². The van der Waals surface area contributed by atoms with Crippen molar-refractivity contribution >= 4 is 28.2 Å². The van der Waals surface area contributed by atoms with Crippen molar-refractivity contribution in [3.63, 3.8) is 0 Å². The van der Waals surface area contributed by atoms with Gasteiger partial charge in [0.1, 0.15) is 0 Å². The lowest BCUT2D eigenvalue weighted by Gasteiger charge is -2.43. The highest BCUT2D eigenvalue weighted by molar-refractivity contribution is 7.92. The molecule has 21 heavy (non-hydrogen) atoms. The van der Waals surface area contributed by atoms with Gasteiger partial charge >= 0.3 is 0 Å². The van der Waals surface area contributed by atoms with Crippen LogP contribution in [-0.2, 0) is 19.4 Å². The van der Waals surface area contributed by atoms with Crippen molar-refractivity contribution in [1.82, 2.24) is 10.2 Å². The minimum atomic E-state index is -3.45. The van der Waals surface area contributed by atoms with E-state index in [4.69, 9.17) is 4.74 Å². The number of morpholine rings is 1. The van der Waals surface area contributed by atoms with E-state index in [1.807, 2.05) is 13.8 Å². The summed E-state index contributed by atoms with van der Waals surface area (Å²) in [6, 6.07) is 0. The Morgan fingerprint density at radius 1 is 1.24 bits per heavy atom. The largest absolute Gasteiger partial charge is 0.372 e. The van der Waals surface area contributed by atoms with Gasteiger partial charge in [0.25, 0.3) is 0 Å². The molecule has 0 aliphatic carbocycles. The standard InChI is InChI=1S/C13H24N2O4S.ClH/c1-12(2)10-15(8-9-19-12)11(16)13(20(3,17)18)4-6-14-7-5-13;/h14H,4-10H2,1-3H3;1H. The SMILES string of the molecule is CC1(C)CN(C(=O)C2(S(C)(=O)=O)CCNCC2)CCO1.Cl. The Labute approximate surface area is 132 Å². The number of hydrogen-bond acceptors (Lipinski definition) is 5. The maximum atomic E-state index is 12.9. The van der Waals surface area contributed by atoms with Crippen LogP contribution in [0.5, 0.6) is 0 Å². The van der Waals surface area contributed by atoms with E-state index in [2.05, 4.69) is 5.32 Å². The third kappa shape index (κ3) is 3.70. The summed E-state index contributed by atoms with van der Waals surface area (Å²) < 4.78 is 28.8. The summed E-state index contributed by atoms with van der Waals surface area (Å²) in [5.41, 5.74) is -0.417. The number of piperidine rings is 1. The molecule has 6 nitrogen and oxygen atoms in total. The van der Waals surface area contributed by atoms with E-state index < -0.39 is 20.2 Å². The van der Waals surface area contributed by atoms with Crippen LogP contribution in [0.2, 0.25) is 0 Å². The molecule has 0 unspecified atom stereocenters. The van der Waals surface area contributed by atoms with Crippen molar-refractivity contribution in [2.75, 3.05) is 39.0 Å². The summed E-state index contributed by atoms with van der Waals surface area (Å²) in [5.74, 6) is -0.252. The first-order chi connectivity index (χ1) is 9.18. The minimum Gasteiger partial charge on any atom is -0.372 e. The predicted molar refractivity (Wildman–Crippen MR) is 83.5 cm³/mol. The molecule has 1 N–H and O–H groups in total. The zero-order chi connectivity index (χ0) is 15.0. The van der Waals surface area contributed by atoms with E-state index in [0.29, 0.717) is 45.6 Å². The van der Waals surface area contributed by atoms with Crippen molar-refractivity contribution in [3.8, 4) is 0 Å². The molecule has 2 saturated heterocycles. The van der Waals surface area contributed by atoms with Gasteiger partial charge in [-0.15, -0.1) is 12.4 Å². The van der Waals surface area contributed by atoms with Crippen LogP contribution < -0.4 is 5.32 Å². The lowest BCUT2D eigenvalue weighted by molar-refractivity contribution is -0.149. The first kappa shape index (κ1) is 18.7. The molecule has 0 aromatic carbocycles. The van der Waals surface area contributed by atoms with Crippen LogP contribution in [0.15, 0.2) is 0 Å². The molecule has 2 fully saturated rings. The fourth-order valence-electron chi connectivity index (χ4n) is 3.05. The Balaban J connectivity index is 0.00000220. The molecule has 2 aliphatic rings. The van der Waals surface area contributed by atoms with E-state index >= 15 is 0 Å². The zero-order valence-corrected chi connectivity index (χ0v) is 14.5. The lowest BCUT2D eigenvalue weighted by Crippen LogP contribution is -2.62. The summed E-state index contributed by atoms with van der Waals surface area (Å²) in [7, 11) is -3.45. The predicted octanol–water partition coefficient (Wildman–Crippen LogP) is 0.212. The molecule has 124 valence electrons. The number of halogens is 1. The Kier molecular flexibility index (Phi) is 5.69. The smallest absolute Gasteiger partial charge is 0.244 e. The molecular weight excluding hydrogens is 316 g/mol. The molecule has 0 saturated carbocycles. The van der Waals surface area contributed by atoms with E-state index in [9.17, 15) is 13.2 Å². The lowest BCUT2D eigenvalue weighted by atomic mass is 9.94. The first-order valence-electron chi connectivity index (χ1n) is 7.02. The summed E-state index contributed by atoms with van der Waals surface area (Å²) in [6.07, 6.45) is 1.88. The molecular formula is C13H25ClN2O4S. The molecule has 0 bridgehead atoms. The number of ether oxygens (including phenoxy) is 1. The van der Waals surface area contributed by atoms with Crippen LogP contribution >= 0.6 is 12.4 Å². The third-order valence-corrected chi connectivity index (χ3v) is 6.23. The van der Waals surface area contributed by atoms with Crippen molar-refractivity contribution in [2.45, 2.75) is 37.0 Å². The normalized spacial score (nSPS) is 25.0. The number of hydrogen-bond donors (Lipinski definition) is 1. The molecule has 0 radical (unpaired) electrons. The van der Waals surface area contributed by atoms with Gasteiger partial charge in [-0.1, -0.05) is 0 Å². The van der Waals surface area contributed by atoms with E-state index in [1.165, 1.54) is 6.26 Å². The highest BCUT2D eigenvalue weighted by Crippen LogP contribution is 2.31.